The molecule has 1 aromatic rings. The fraction of sp³-hybridized carbons (Fsp3) is 0.455. The monoisotopic (exact) mass is 162 g/mol. The van der Waals surface area contributed by atoms with Crippen molar-refractivity contribution in [2.75, 3.05) is 6.61 Å². The highest BCUT2D eigenvalue weighted by atomic mass is 16.5. The Morgan fingerprint density at radius 3 is 3.08 bits per heavy atom. The van der Waals surface area contributed by atoms with E-state index in [2.05, 4.69) is 32.0 Å². The Labute approximate surface area is 73.4 Å². The summed E-state index contributed by atoms with van der Waals surface area (Å²) >= 11 is 0. The van der Waals surface area contributed by atoms with Gasteiger partial charge in [-0.15, -0.1) is 0 Å². The normalized spacial score (nSPS) is 20.3. The summed E-state index contributed by atoms with van der Waals surface area (Å²) < 4.78 is 5.56. The summed E-state index contributed by atoms with van der Waals surface area (Å²) in [5, 5.41) is 0. The van der Waals surface area contributed by atoms with Gasteiger partial charge in [-0.2, -0.15) is 0 Å². The Hall–Kier alpha value is -0.980. The van der Waals surface area contributed by atoms with Crippen LogP contribution in [0.3, 0.4) is 0 Å². The van der Waals surface area contributed by atoms with Crippen LogP contribution in [0, 0.1) is 6.92 Å². The minimum absolute atomic E-state index is 0.625. The molecule has 0 fully saturated rings. The van der Waals surface area contributed by atoms with Gasteiger partial charge in [-0.1, -0.05) is 24.6 Å². The second-order valence-corrected chi connectivity index (χ2v) is 3.46. The molecular weight excluding hydrogens is 148 g/mol. The first kappa shape index (κ1) is 7.66. The van der Waals surface area contributed by atoms with Crippen LogP contribution >= 0.6 is 0 Å². The summed E-state index contributed by atoms with van der Waals surface area (Å²) in [6, 6.07) is 6.44. The summed E-state index contributed by atoms with van der Waals surface area (Å²) in [4.78, 5) is 0. The molecule has 12 heavy (non-hydrogen) atoms. The second kappa shape index (κ2) is 2.81. The van der Waals surface area contributed by atoms with E-state index in [0.717, 1.165) is 12.4 Å². The summed E-state index contributed by atoms with van der Waals surface area (Å²) in [5.41, 5.74) is 2.73. The Bertz CT molecular complexity index is 291. The highest BCUT2D eigenvalue weighted by molar-refractivity contribution is 5.42. The molecule has 0 aliphatic carbocycles. The van der Waals surface area contributed by atoms with Crippen LogP contribution in [0.4, 0.5) is 0 Å². The van der Waals surface area contributed by atoms with Gasteiger partial charge < -0.3 is 4.74 Å². The topological polar surface area (TPSA) is 9.23 Å². The average Bonchev–Trinajstić information content (AvgIpc) is 2.46. The standard InChI is InChI=1S/C11H14O/c1-3-9-7-12-11-5-4-8(2)6-10(9)11/h4-6,9H,3,7H2,1-2H3. The highest BCUT2D eigenvalue weighted by Crippen LogP contribution is 2.35. The minimum Gasteiger partial charge on any atom is -0.493 e. The Morgan fingerprint density at radius 1 is 1.50 bits per heavy atom. The maximum Gasteiger partial charge on any atom is 0.122 e. The van der Waals surface area contributed by atoms with Gasteiger partial charge in [0.2, 0.25) is 0 Å². The zero-order valence-corrected chi connectivity index (χ0v) is 7.63. The van der Waals surface area contributed by atoms with Crippen molar-refractivity contribution in [3.8, 4) is 5.75 Å². The van der Waals surface area contributed by atoms with Crippen molar-refractivity contribution in [3.05, 3.63) is 29.3 Å². The fourth-order valence-electron chi connectivity index (χ4n) is 1.74. The van der Waals surface area contributed by atoms with E-state index < -0.39 is 0 Å². The molecule has 1 atom stereocenters. The van der Waals surface area contributed by atoms with Crippen LogP contribution in [0.5, 0.6) is 5.75 Å². The van der Waals surface area contributed by atoms with E-state index in [0.29, 0.717) is 5.92 Å². The lowest BCUT2D eigenvalue weighted by Crippen LogP contribution is -1.97. The third-order valence-corrected chi connectivity index (χ3v) is 2.54. The van der Waals surface area contributed by atoms with Crippen LogP contribution < -0.4 is 4.74 Å². The molecule has 1 nitrogen and oxygen atoms in total. The summed E-state index contributed by atoms with van der Waals surface area (Å²) in [7, 11) is 0. The van der Waals surface area contributed by atoms with Gasteiger partial charge in [0.15, 0.2) is 0 Å². The van der Waals surface area contributed by atoms with E-state index in [1.54, 1.807) is 0 Å². The van der Waals surface area contributed by atoms with Gasteiger partial charge in [0, 0.05) is 11.5 Å². The van der Waals surface area contributed by atoms with Crippen molar-refractivity contribution < 1.29 is 4.74 Å². The van der Waals surface area contributed by atoms with E-state index in [9.17, 15) is 0 Å². The van der Waals surface area contributed by atoms with E-state index >= 15 is 0 Å². The second-order valence-electron chi connectivity index (χ2n) is 3.46. The third kappa shape index (κ3) is 1.09. The molecule has 0 radical (unpaired) electrons. The number of hydrogen-bond acceptors (Lipinski definition) is 1. The zero-order valence-electron chi connectivity index (χ0n) is 7.63. The van der Waals surface area contributed by atoms with Gasteiger partial charge in [0.1, 0.15) is 5.75 Å². The quantitative estimate of drug-likeness (QED) is 0.617. The van der Waals surface area contributed by atoms with Crippen molar-refractivity contribution in [2.24, 2.45) is 0 Å². The average molecular weight is 162 g/mol. The van der Waals surface area contributed by atoms with Gasteiger partial charge in [0.05, 0.1) is 6.61 Å². The molecule has 64 valence electrons. The number of fused-ring (bicyclic) bond motifs is 1. The lowest BCUT2D eigenvalue weighted by molar-refractivity contribution is 0.328. The maximum atomic E-state index is 5.56. The molecule has 1 aromatic carbocycles. The lowest BCUT2D eigenvalue weighted by atomic mass is 9.97. The zero-order chi connectivity index (χ0) is 8.55. The summed E-state index contributed by atoms with van der Waals surface area (Å²) in [6.07, 6.45) is 1.18. The molecular formula is C11H14O. The van der Waals surface area contributed by atoms with Gasteiger partial charge >= 0.3 is 0 Å². The van der Waals surface area contributed by atoms with Gasteiger partial charge in [0.25, 0.3) is 0 Å². The van der Waals surface area contributed by atoms with Crippen molar-refractivity contribution in [1.82, 2.24) is 0 Å². The molecule has 1 aliphatic heterocycles. The van der Waals surface area contributed by atoms with Crippen LogP contribution in [-0.4, -0.2) is 6.61 Å². The van der Waals surface area contributed by atoms with Crippen LogP contribution in [0.1, 0.15) is 30.4 Å². The molecule has 1 unspecified atom stereocenters. The van der Waals surface area contributed by atoms with Gasteiger partial charge in [-0.3, -0.25) is 0 Å². The Balaban J connectivity index is 2.42. The van der Waals surface area contributed by atoms with Crippen LogP contribution in [0.2, 0.25) is 0 Å². The fourth-order valence-corrected chi connectivity index (χ4v) is 1.74. The first-order valence-electron chi connectivity index (χ1n) is 4.54. The molecule has 0 bridgehead atoms. The smallest absolute Gasteiger partial charge is 0.122 e. The SMILES string of the molecule is CCC1COc2ccc(C)cc21. The van der Waals surface area contributed by atoms with Crippen LogP contribution in [-0.2, 0) is 0 Å². The predicted molar refractivity (Wildman–Crippen MR) is 49.7 cm³/mol. The summed E-state index contributed by atoms with van der Waals surface area (Å²) in [5.74, 6) is 1.72. The minimum atomic E-state index is 0.625. The highest BCUT2D eigenvalue weighted by Gasteiger charge is 2.21. The van der Waals surface area contributed by atoms with E-state index in [-0.39, 0.29) is 0 Å². The first-order chi connectivity index (χ1) is 5.81. The number of rotatable bonds is 1. The Kier molecular flexibility index (Phi) is 1.80. The molecule has 0 aromatic heterocycles. The molecule has 0 amide bonds. The maximum absolute atomic E-state index is 5.56. The number of ether oxygens (including phenoxy) is 1. The number of aryl methyl sites for hydroxylation is 1. The van der Waals surface area contributed by atoms with E-state index in [4.69, 9.17) is 4.74 Å². The van der Waals surface area contributed by atoms with Crippen molar-refractivity contribution >= 4 is 0 Å². The van der Waals surface area contributed by atoms with Crippen molar-refractivity contribution in [2.45, 2.75) is 26.2 Å². The van der Waals surface area contributed by atoms with Crippen molar-refractivity contribution in [3.63, 3.8) is 0 Å². The number of benzene rings is 1. The van der Waals surface area contributed by atoms with Crippen LogP contribution in [0.15, 0.2) is 18.2 Å². The lowest BCUT2D eigenvalue weighted by Gasteiger charge is -2.04. The molecule has 0 N–H and O–H groups in total. The van der Waals surface area contributed by atoms with Gasteiger partial charge in [-0.25, -0.2) is 0 Å². The first-order valence-corrected chi connectivity index (χ1v) is 4.54. The molecule has 0 spiro atoms. The van der Waals surface area contributed by atoms with E-state index in [1.165, 1.54) is 17.5 Å². The molecule has 2 rings (SSSR count). The number of hydrogen-bond donors (Lipinski definition) is 0. The van der Waals surface area contributed by atoms with Gasteiger partial charge in [-0.05, 0) is 19.4 Å². The van der Waals surface area contributed by atoms with E-state index in [1.807, 2.05) is 0 Å². The summed E-state index contributed by atoms with van der Waals surface area (Å²) in [6.45, 7) is 5.21. The van der Waals surface area contributed by atoms with Crippen molar-refractivity contribution in [1.29, 1.82) is 0 Å². The largest absolute Gasteiger partial charge is 0.493 e. The molecule has 0 saturated heterocycles. The Morgan fingerprint density at radius 2 is 2.33 bits per heavy atom. The third-order valence-electron chi connectivity index (χ3n) is 2.54. The molecule has 0 saturated carbocycles. The molecule has 1 heterocycles. The molecule has 1 heteroatoms. The molecule has 1 aliphatic rings. The van der Waals surface area contributed by atoms with Crippen LogP contribution in [0.25, 0.3) is 0 Å². The predicted octanol–water partition coefficient (Wildman–Crippen LogP) is 2.88.